The predicted octanol–water partition coefficient (Wildman–Crippen LogP) is 2.76. The smallest absolute Gasteiger partial charge is 0.303 e. The number of carbonyl (C=O) groups excluding carboxylic acids is 2. The van der Waals surface area contributed by atoms with Gasteiger partial charge in [0, 0.05) is 26.1 Å². The van der Waals surface area contributed by atoms with Gasteiger partial charge in [0.25, 0.3) is 11.8 Å². The first kappa shape index (κ1) is 23.1. The molecular weight excluding hydrogens is 440 g/mol. The van der Waals surface area contributed by atoms with Crippen molar-refractivity contribution in [1.29, 1.82) is 0 Å². The third-order valence-electron chi connectivity index (χ3n) is 4.94. The van der Waals surface area contributed by atoms with Crippen LogP contribution in [0.4, 0.5) is 0 Å². The van der Waals surface area contributed by atoms with E-state index in [9.17, 15) is 14.4 Å². The van der Waals surface area contributed by atoms with Crippen molar-refractivity contribution in [2.24, 2.45) is 0 Å². The van der Waals surface area contributed by atoms with E-state index in [1.54, 1.807) is 29.2 Å². The molecule has 8 nitrogen and oxygen atoms in total. The van der Waals surface area contributed by atoms with Crippen molar-refractivity contribution in [2.75, 3.05) is 33.4 Å². The van der Waals surface area contributed by atoms with Gasteiger partial charge in [0.15, 0.2) is 18.1 Å². The molecule has 0 atom stereocenters. The number of hydrogen-bond acceptors (Lipinski definition) is 7. The summed E-state index contributed by atoms with van der Waals surface area (Å²) in [4.78, 5) is 39.2. The fraction of sp³-hybridized carbons (Fsp3) is 0.429. The number of likely N-dealkylation sites (tertiary alicyclic amines) is 1. The van der Waals surface area contributed by atoms with Crippen LogP contribution < -0.4 is 9.47 Å². The zero-order valence-corrected chi connectivity index (χ0v) is 18.8. The maximum atomic E-state index is 12.6. The summed E-state index contributed by atoms with van der Waals surface area (Å²) in [6.45, 7) is 1.76. The van der Waals surface area contributed by atoms with Crippen LogP contribution >= 0.6 is 24.0 Å². The molecule has 1 N–H and O–H groups in total. The Morgan fingerprint density at radius 1 is 1.26 bits per heavy atom. The van der Waals surface area contributed by atoms with Gasteiger partial charge < -0.3 is 19.5 Å². The van der Waals surface area contributed by atoms with Crippen molar-refractivity contribution in [3.63, 3.8) is 0 Å². The minimum absolute atomic E-state index is 0.0188. The Hall–Kier alpha value is -2.59. The average Bonchev–Trinajstić information content (AvgIpc) is 3.37. The average molecular weight is 465 g/mol. The highest BCUT2D eigenvalue weighted by atomic mass is 32.2. The lowest BCUT2D eigenvalue weighted by molar-refractivity contribution is -0.137. The van der Waals surface area contributed by atoms with Gasteiger partial charge in [-0.05, 0) is 43.0 Å². The second-order valence-electron chi connectivity index (χ2n) is 7.12. The highest BCUT2D eigenvalue weighted by molar-refractivity contribution is 8.26. The molecule has 2 aliphatic heterocycles. The fourth-order valence-electron chi connectivity index (χ4n) is 3.32. The Morgan fingerprint density at radius 3 is 2.68 bits per heavy atom. The number of thioether (sulfide) groups is 1. The summed E-state index contributed by atoms with van der Waals surface area (Å²) in [7, 11) is 1.51. The van der Waals surface area contributed by atoms with E-state index < -0.39 is 5.97 Å². The Kier molecular flexibility index (Phi) is 7.91. The maximum Gasteiger partial charge on any atom is 0.303 e. The van der Waals surface area contributed by atoms with E-state index in [2.05, 4.69) is 0 Å². The summed E-state index contributed by atoms with van der Waals surface area (Å²) in [6.07, 6.45) is 4.07. The largest absolute Gasteiger partial charge is 0.493 e. The quantitative estimate of drug-likeness (QED) is 0.440. The highest BCUT2D eigenvalue weighted by Gasteiger charge is 2.31. The van der Waals surface area contributed by atoms with Crippen LogP contribution in [0, 0.1) is 0 Å². The number of nitrogens with zero attached hydrogens (tertiary/aromatic N) is 2. The summed E-state index contributed by atoms with van der Waals surface area (Å²) in [5, 5.41) is 8.77. The topological polar surface area (TPSA) is 96.4 Å². The molecule has 166 valence electrons. The lowest BCUT2D eigenvalue weighted by Gasteiger charge is -2.16. The first-order chi connectivity index (χ1) is 14.9. The van der Waals surface area contributed by atoms with Gasteiger partial charge >= 0.3 is 5.97 Å². The third kappa shape index (κ3) is 5.98. The van der Waals surface area contributed by atoms with E-state index >= 15 is 0 Å². The lowest BCUT2D eigenvalue weighted by atomic mass is 10.2. The van der Waals surface area contributed by atoms with E-state index in [1.807, 2.05) is 0 Å². The number of benzene rings is 1. The number of carboxylic acid groups (broad SMARTS) is 1. The maximum absolute atomic E-state index is 12.6. The molecular formula is C21H24N2O6S2. The Bertz CT molecular complexity index is 911. The van der Waals surface area contributed by atoms with Crippen molar-refractivity contribution in [3.8, 4) is 11.5 Å². The van der Waals surface area contributed by atoms with E-state index in [0.717, 1.165) is 31.5 Å². The van der Waals surface area contributed by atoms with E-state index in [-0.39, 0.29) is 31.4 Å². The highest BCUT2D eigenvalue weighted by Crippen LogP contribution is 2.35. The van der Waals surface area contributed by atoms with E-state index in [0.29, 0.717) is 27.1 Å². The van der Waals surface area contributed by atoms with Gasteiger partial charge in [0.2, 0.25) is 0 Å². The first-order valence-electron chi connectivity index (χ1n) is 9.95. The minimum atomic E-state index is -0.905. The molecule has 10 heteroatoms. The van der Waals surface area contributed by atoms with Crippen molar-refractivity contribution < 1.29 is 29.0 Å². The molecule has 0 aromatic heterocycles. The van der Waals surface area contributed by atoms with Gasteiger partial charge in [-0.2, -0.15) is 0 Å². The van der Waals surface area contributed by atoms with Crippen molar-refractivity contribution in [2.45, 2.75) is 25.7 Å². The predicted molar refractivity (Wildman–Crippen MR) is 121 cm³/mol. The number of thiocarbonyl (C=S) groups is 1. The number of rotatable bonds is 9. The molecule has 0 radical (unpaired) electrons. The van der Waals surface area contributed by atoms with Crippen LogP contribution in [0.1, 0.15) is 31.2 Å². The molecule has 1 aromatic rings. The second kappa shape index (κ2) is 10.6. The van der Waals surface area contributed by atoms with Gasteiger partial charge in [0.1, 0.15) is 4.32 Å². The Labute approximate surface area is 190 Å². The van der Waals surface area contributed by atoms with Gasteiger partial charge in [-0.25, -0.2) is 0 Å². The van der Waals surface area contributed by atoms with Gasteiger partial charge in [-0.3, -0.25) is 19.3 Å². The van der Waals surface area contributed by atoms with Crippen LogP contribution in [0.3, 0.4) is 0 Å². The van der Waals surface area contributed by atoms with Crippen LogP contribution in [0.25, 0.3) is 6.08 Å². The number of aliphatic carboxylic acids is 1. The molecule has 1 aromatic carbocycles. The SMILES string of the molecule is COc1cc(/C=C2\SC(=S)N(CCCC(=O)O)C2=O)ccc1OCC(=O)N1CCCC1. The van der Waals surface area contributed by atoms with Crippen molar-refractivity contribution in [1.82, 2.24) is 9.80 Å². The first-order valence-corrected chi connectivity index (χ1v) is 11.2. The molecule has 2 heterocycles. The second-order valence-corrected chi connectivity index (χ2v) is 8.79. The molecule has 0 spiro atoms. The minimum Gasteiger partial charge on any atom is -0.493 e. The molecule has 0 aliphatic carbocycles. The Balaban J connectivity index is 1.65. The molecule has 3 rings (SSSR count). The number of amides is 2. The van der Waals surface area contributed by atoms with Crippen LogP contribution in [-0.4, -0.2) is 70.4 Å². The van der Waals surface area contributed by atoms with E-state index in [4.69, 9.17) is 26.8 Å². The van der Waals surface area contributed by atoms with Gasteiger partial charge in [0.05, 0.1) is 12.0 Å². The summed E-state index contributed by atoms with van der Waals surface area (Å²) < 4.78 is 11.5. The monoisotopic (exact) mass is 464 g/mol. The molecule has 31 heavy (non-hydrogen) atoms. The normalized spacial score (nSPS) is 17.5. The standard InChI is InChI=1S/C21H24N2O6S2/c1-28-16-11-14(6-7-15(16)29-13-18(24)22-8-2-3-9-22)12-17-20(27)23(21(30)31-17)10-4-5-19(25)26/h6-7,11-12H,2-5,8-10,13H2,1H3,(H,25,26)/b17-12-. The fourth-order valence-corrected chi connectivity index (χ4v) is 4.63. The number of ether oxygens (including phenoxy) is 2. The Morgan fingerprint density at radius 2 is 2.00 bits per heavy atom. The molecule has 2 saturated heterocycles. The number of methoxy groups -OCH3 is 1. The molecule has 2 amide bonds. The van der Waals surface area contributed by atoms with Crippen molar-refractivity contribution in [3.05, 3.63) is 28.7 Å². The number of hydrogen-bond donors (Lipinski definition) is 1. The van der Waals surface area contributed by atoms with Crippen LogP contribution in [-0.2, 0) is 14.4 Å². The summed E-state index contributed by atoms with van der Waals surface area (Å²) >= 11 is 6.44. The van der Waals surface area contributed by atoms with Gasteiger partial charge in [-0.1, -0.05) is 30.0 Å². The zero-order chi connectivity index (χ0) is 22.4. The summed E-state index contributed by atoms with van der Waals surface area (Å²) in [6, 6.07) is 5.21. The molecule has 0 bridgehead atoms. The van der Waals surface area contributed by atoms with Crippen LogP contribution in [0.15, 0.2) is 23.1 Å². The third-order valence-corrected chi connectivity index (χ3v) is 6.32. The van der Waals surface area contributed by atoms with Crippen LogP contribution in [0.2, 0.25) is 0 Å². The van der Waals surface area contributed by atoms with Crippen molar-refractivity contribution >= 4 is 52.2 Å². The van der Waals surface area contributed by atoms with E-state index in [1.165, 1.54) is 23.8 Å². The summed E-state index contributed by atoms with van der Waals surface area (Å²) in [5.74, 6) is -0.281. The molecule has 2 fully saturated rings. The number of carboxylic acids is 1. The molecule has 0 unspecified atom stereocenters. The lowest BCUT2D eigenvalue weighted by Crippen LogP contribution is -2.32. The zero-order valence-electron chi connectivity index (χ0n) is 17.2. The molecule has 0 saturated carbocycles. The summed E-state index contributed by atoms with van der Waals surface area (Å²) in [5.41, 5.74) is 0.723. The molecule has 2 aliphatic rings. The van der Waals surface area contributed by atoms with Crippen LogP contribution in [0.5, 0.6) is 11.5 Å². The number of carbonyl (C=O) groups is 3. The van der Waals surface area contributed by atoms with Gasteiger partial charge in [-0.15, -0.1) is 0 Å².